The van der Waals surface area contributed by atoms with Crippen LogP contribution in [0.4, 0.5) is 10.1 Å². The molecule has 110 valence electrons. The van der Waals surface area contributed by atoms with Crippen molar-refractivity contribution in [3.8, 4) is 5.75 Å². The number of ether oxygens (including phenoxy) is 1. The zero-order valence-electron chi connectivity index (χ0n) is 12.4. The van der Waals surface area contributed by atoms with E-state index >= 15 is 0 Å². The van der Waals surface area contributed by atoms with Crippen molar-refractivity contribution in [1.29, 1.82) is 0 Å². The molecule has 0 aliphatic heterocycles. The highest BCUT2D eigenvalue weighted by atomic mass is 19.1. The van der Waals surface area contributed by atoms with Gasteiger partial charge < -0.3 is 10.1 Å². The quantitative estimate of drug-likeness (QED) is 0.932. The molecular formula is C17H18FNO2. The molecule has 0 heterocycles. The lowest BCUT2D eigenvalue weighted by atomic mass is 10.1. The Hall–Kier alpha value is -2.36. The molecule has 2 aromatic rings. The first kappa shape index (κ1) is 15.0. The number of hydrogen-bond donors (Lipinski definition) is 1. The summed E-state index contributed by atoms with van der Waals surface area (Å²) in [5.41, 5.74) is 3.53. The van der Waals surface area contributed by atoms with Gasteiger partial charge in [0.25, 0.3) is 0 Å². The normalized spacial score (nSPS) is 10.3. The number of benzene rings is 2. The van der Waals surface area contributed by atoms with Crippen molar-refractivity contribution >= 4 is 11.6 Å². The zero-order chi connectivity index (χ0) is 15.4. The first-order valence-corrected chi connectivity index (χ1v) is 6.68. The van der Waals surface area contributed by atoms with E-state index in [0.29, 0.717) is 5.56 Å². The maximum atomic E-state index is 13.6. The highest BCUT2D eigenvalue weighted by molar-refractivity contribution is 5.92. The summed E-state index contributed by atoms with van der Waals surface area (Å²) < 4.78 is 18.4. The Morgan fingerprint density at radius 2 is 1.81 bits per heavy atom. The fraction of sp³-hybridized carbons (Fsp3) is 0.235. The molecule has 0 saturated heterocycles. The standard InChI is InChI=1S/C17H18FNO2/c1-11-6-12(2)8-14(7-11)19-17(20)10-13-4-5-16(21-3)15(18)9-13/h4-9H,10H2,1-3H3,(H,19,20). The van der Waals surface area contributed by atoms with Crippen LogP contribution in [0.2, 0.25) is 0 Å². The number of rotatable bonds is 4. The van der Waals surface area contributed by atoms with E-state index < -0.39 is 5.82 Å². The van der Waals surface area contributed by atoms with Crippen LogP contribution in [0.1, 0.15) is 16.7 Å². The van der Waals surface area contributed by atoms with Crippen LogP contribution in [-0.4, -0.2) is 13.0 Å². The maximum Gasteiger partial charge on any atom is 0.228 e. The van der Waals surface area contributed by atoms with Crippen molar-refractivity contribution in [2.24, 2.45) is 0 Å². The number of carbonyl (C=O) groups excluding carboxylic acids is 1. The first-order valence-electron chi connectivity index (χ1n) is 6.68. The second kappa shape index (κ2) is 6.39. The fourth-order valence-corrected chi connectivity index (χ4v) is 2.26. The molecule has 1 N–H and O–H groups in total. The molecule has 0 unspecified atom stereocenters. The van der Waals surface area contributed by atoms with Crippen molar-refractivity contribution in [3.63, 3.8) is 0 Å². The average Bonchev–Trinajstić information content (AvgIpc) is 2.37. The van der Waals surface area contributed by atoms with Crippen LogP contribution in [0.15, 0.2) is 36.4 Å². The minimum absolute atomic E-state index is 0.119. The van der Waals surface area contributed by atoms with E-state index in [2.05, 4.69) is 5.32 Å². The number of anilines is 1. The van der Waals surface area contributed by atoms with Crippen LogP contribution in [0, 0.1) is 19.7 Å². The van der Waals surface area contributed by atoms with Gasteiger partial charge in [-0.1, -0.05) is 12.1 Å². The monoisotopic (exact) mass is 287 g/mol. The van der Waals surface area contributed by atoms with Gasteiger partial charge in [-0.15, -0.1) is 0 Å². The number of carbonyl (C=O) groups is 1. The Labute approximate surface area is 123 Å². The molecule has 0 fully saturated rings. The molecule has 0 aromatic heterocycles. The number of nitrogens with one attached hydrogen (secondary N) is 1. The van der Waals surface area contributed by atoms with Gasteiger partial charge >= 0.3 is 0 Å². The molecule has 0 aliphatic rings. The highest BCUT2D eigenvalue weighted by Crippen LogP contribution is 2.19. The minimum atomic E-state index is -0.464. The molecule has 0 aliphatic carbocycles. The Balaban J connectivity index is 2.06. The smallest absolute Gasteiger partial charge is 0.228 e. The third-order valence-electron chi connectivity index (χ3n) is 3.09. The third-order valence-corrected chi connectivity index (χ3v) is 3.09. The van der Waals surface area contributed by atoms with Crippen molar-refractivity contribution in [2.75, 3.05) is 12.4 Å². The van der Waals surface area contributed by atoms with E-state index in [9.17, 15) is 9.18 Å². The molecule has 1 amide bonds. The van der Waals surface area contributed by atoms with Gasteiger partial charge in [-0.05, 0) is 54.8 Å². The number of amides is 1. The third kappa shape index (κ3) is 4.05. The summed E-state index contributed by atoms with van der Waals surface area (Å²) in [4.78, 5) is 12.0. The lowest BCUT2D eigenvalue weighted by Crippen LogP contribution is -2.14. The first-order chi connectivity index (χ1) is 9.97. The molecule has 0 saturated carbocycles. The number of aryl methyl sites for hydroxylation is 2. The lowest BCUT2D eigenvalue weighted by Gasteiger charge is -2.08. The lowest BCUT2D eigenvalue weighted by molar-refractivity contribution is -0.115. The Morgan fingerprint density at radius 3 is 2.38 bits per heavy atom. The summed E-state index contributed by atoms with van der Waals surface area (Å²) in [5, 5.41) is 2.83. The number of halogens is 1. The van der Waals surface area contributed by atoms with E-state index in [-0.39, 0.29) is 18.1 Å². The molecule has 0 radical (unpaired) electrons. The van der Waals surface area contributed by atoms with Gasteiger partial charge in [-0.2, -0.15) is 0 Å². The summed E-state index contributed by atoms with van der Waals surface area (Å²) in [7, 11) is 1.41. The van der Waals surface area contributed by atoms with Crippen LogP contribution in [0.25, 0.3) is 0 Å². The van der Waals surface area contributed by atoms with Gasteiger partial charge in [0, 0.05) is 5.69 Å². The molecular weight excluding hydrogens is 269 g/mol. The van der Waals surface area contributed by atoms with Crippen LogP contribution >= 0.6 is 0 Å². The molecule has 0 atom stereocenters. The predicted octanol–water partition coefficient (Wildman–Crippen LogP) is 3.63. The molecule has 2 aromatic carbocycles. The van der Waals surface area contributed by atoms with E-state index in [1.54, 1.807) is 6.07 Å². The second-order valence-electron chi connectivity index (χ2n) is 5.07. The van der Waals surface area contributed by atoms with Gasteiger partial charge in [0.2, 0.25) is 5.91 Å². The van der Waals surface area contributed by atoms with Crippen molar-refractivity contribution in [1.82, 2.24) is 0 Å². The summed E-state index contributed by atoms with van der Waals surface area (Å²) in [5.74, 6) is -0.466. The average molecular weight is 287 g/mol. The van der Waals surface area contributed by atoms with E-state index in [0.717, 1.165) is 16.8 Å². The molecule has 2 rings (SSSR count). The van der Waals surface area contributed by atoms with E-state index in [1.165, 1.54) is 19.2 Å². The Morgan fingerprint density at radius 1 is 1.14 bits per heavy atom. The highest BCUT2D eigenvalue weighted by Gasteiger charge is 2.08. The summed E-state index contributed by atoms with van der Waals surface area (Å²) in [6.45, 7) is 3.95. The molecule has 21 heavy (non-hydrogen) atoms. The summed E-state index contributed by atoms with van der Waals surface area (Å²) >= 11 is 0. The van der Waals surface area contributed by atoms with Gasteiger partial charge in [-0.25, -0.2) is 4.39 Å². The van der Waals surface area contributed by atoms with Crippen LogP contribution in [0.3, 0.4) is 0 Å². The summed E-state index contributed by atoms with van der Waals surface area (Å²) in [6, 6.07) is 10.4. The summed E-state index contributed by atoms with van der Waals surface area (Å²) in [6.07, 6.45) is 0.119. The second-order valence-corrected chi connectivity index (χ2v) is 5.07. The van der Waals surface area contributed by atoms with Gasteiger partial charge in [0.05, 0.1) is 13.5 Å². The van der Waals surface area contributed by atoms with Gasteiger partial charge in [0.15, 0.2) is 11.6 Å². The van der Waals surface area contributed by atoms with Crippen molar-refractivity contribution in [2.45, 2.75) is 20.3 Å². The van der Waals surface area contributed by atoms with Gasteiger partial charge in [-0.3, -0.25) is 4.79 Å². The number of hydrogen-bond acceptors (Lipinski definition) is 2. The van der Waals surface area contributed by atoms with Crippen LogP contribution in [0.5, 0.6) is 5.75 Å². The Bertz CT molecular complexity index is 648. The SMILES string of the molecule is COc1ccc(CC(=O)Nc2cc(C)cc(C)c2)cc1F. The molecule has 0 spiro atoms. The van der Waals surface area contributed by atoms with Crippen molar-refractivity contribution < 1.29 is 13.9 Å². The van der Waals surface area contributed by atoms with E-state index in [1.807, 2.05) is 32.0 Å². The molecule has 0 bridgehead atoms. The van der Waals surface area contributed by atoms with Crippen LogP contribution in [-0.2, 0) is 11.2 Å². The predicted molar refractivity (Wildman–Crippen MR) is 81.2 cm³/mol. The molecule has 3 nitrogen and oxygen atoms in total. The van der Waals surface area contributed by atoms with Crippen molar-refractivity contribution in [3.05, 3.63) is 58.9 Å². The minimum Gasteiger partial charge on any atom is -0.494 e. The zero-order valence-corrected chi connectivity index (χ0v) is 12.4. The maximum absolute atomic E-state index is 13.6. The largest absolute Gasteiger partial charge is 0.494 e. The van der Waals surface area contributed by atoms with Gasteiger partial charge in [0.1, 0.15) is 0 Å². The topological polar surface area (TPSA) is 38.3 Å². The Kier molecular flexibility index (Phi) is 4.58. The number of methoxy groups -OCH3 is 1. The van der Waals surface area contributed by atoms with Crippen LogP contribution < -0.4 is 10.1 Å². The van der Waals surface area contributed by atoms with E-state index in [4.69, 9.17) is 4.74 Å². The fourth-order valence-electron chi connectivity index (χ4n) is 2.26. The molecule has 4 heteroatoms.